The molecule has 134 valence electrons. The number of aryl methyl sites for hydroxylation is 2. The van der Waals surface area contributed by atoms with Gasteiger partial charge < -0.3 is 19.4 Å². The fourth-order valence-electron chi connectivity index (χ4n) is 3.42. The van der Waals surface area contributed by atoms with Gasteiger partial charge in [0.25, 0.3) is 0 Å². The van der Waals surface area contributed by atoms with E-state index in [9.17, 15) is 14.7 Å². The summed E-state index contributed by atoms with van der Waals surface area (Å²) in [5.74, 6) is -0.453. The molecule has 1 saturated heterocycles. The number of hydroxylamine groups is 2. The molecule has 2 aliphatic rings. The number of piperidine rings is 1. The van der Waals surface area contributed by atoms with E-state index in [1.165, 1.54) is 0 Å². The van der Waals surface area contributed by atoms with Crippen LogP contribution in [0.4, 0.5) is 4.79 Å². The van der Waals surface area contributed by atoms with Crippen molar-refractivity contribution in [3.8, 4) is 0 Å². The van der Waals surface area contributed by atoms with E-state index in [1.807, 2.05) is 32.0 Å². The molecule has 7 heteroatoms. The number of benzene rings is 1. The fraction of sp³-hybridized carbons (Fsp3) is 0.444. The van der Waals surface area contributed by atoms with Crippen LogP contribution in [0.25, 0.3) is 5.57 Å². The van der Waals surface area contributed by atoms with Gasteiger partial charge in [-0.1, -0.05) is 23.8 Å². The molecule has 3 rings (SSSR count). The molecule has 2 aliphatic heterocycles. The van der Waals surface area contributed by atoms with Crippen LogP contribution in [-0.4, -0.2) is 48.1 Å². The second-order valence-corrected chi connectivity index (χ2v) is 6.39. The average Bonchev–Trinajstić information content (AvgIpc) is 2.82. The minimum Gasteiger partial charge on any atom is -0.449 e. The van der Waals surface area contributed by atoms with Crippen LogP contribution < -0.4 is 0 Å². The number of carbonyl (C=O) groups excluding carboxylic acids is 1. The number of carbonyl (C=O) groups is 2. The van der Waals surface area contributed by atoms with E-state index in [4.69, 9.17) is 14.3 Å². The summed E-state index contributed by atoms with van der Waals surface area (Å²) in [5.41, 5.74) is 1.61. The summed E-state index contributed by atoms with van der Waals surface area (Å²) in [5, 5.41) is 10.9. The molecule has 1 fully saturated rings. The topological polar surface area (TPSA) is 85.3 Å². The SMILES string of the molecule is CON1CCC2(CC1)OC(=O)C(c1cc(C)ccc1C)=C2OC(=O)O. The van der Waals surface area contributed by atoms with Crippen LogP contribution in [0.2, 0.25) is 0 Å². The van der Waals surface area contributed by atoms with E-state index in [0.717, 1.165) is 11.1 Å². The lowest BCUT2D eigenvalue weighted by Crippen LogP contribution is -2.46. The van der Waals surface area contributed by atoms with Gasteiger partial charge in [-0.3, -0.25) is 0 Å². The number of hydrogen-bond donors (Lipinski definition) is 1. The van der Waals surface area contributed by atoms with E-state index >= 15 is 0 Å². The molecule has 25 heavy (non-hydrogen) atoms. The minimum atomic E-state index is -1.45. The van der Waals surface area contributed by atoms with Gasteiger partial charge in [0.05, 0.1) is 7.11 Å². The second kappa shape index (κ2) is 6.50. The molecule has 1 aromatic rings. The number of ether oxygens (including phenoxy) is 2. The van der Waals surface area contributed by atoms with Crippen molar-refractivity contribution in [3.05, 3.63) is 40.6 Å². The monoisotopic (exact) mass is 347 g/mol. The first kappa shape index (κ1) is 17.4. The average molecular weight is 347 g/mol. The highest BCUT2D eigenvalue weighted by Crippen LogP contribution is 2.45. The third-order valence-electron chi connectivity index (χ3n) is 4.77. The molecule has 0 amide bonds. The molecule has 0 atom stereocenters. The highest BCUT2D eigenvalue weighted by molar-refractivity contribution is 6.20. The fourth-order valence-corrected chi connectivity index (χ4v) is 3.42. The van der Waals surface area contributed by atoms with Crippen LogP contribution in [-0.2, 0) is 19.1 Å². The largest absolute Gasteiger partial charge is 0.511 e. The van der Waals surface area contributed by atoms with Gasteiger partial charge in [0.2, 0.25) is 0 Å². The van der Waals surface area contributed by atoms with Crippen LogP contribution in [0, 0.1) is 13.8 Å². The van der Waals surface area contributed by atoms with Gasteiger partial charge in [0, 0.05) is 25.9 Å². The Labute approximate surface area is 145 Å². The summed E-state index contributed by atoms with van der Waals surface area (Å²) < 4.78 is 10.8. The lowest BCUT2D eigenvalue weighted by atomic mass is 9.87. The molecule has 1 N–H and O–H groups in total. The van der Waals surface area contributed by atoms with Gasteiger partial charge >= 0.3 is 12.1 Å². The van der Waals surface area contributed by atoms with Gasteiger partial charge in [0.1, 0.15) is 5.57 Å². The zero-order valence-electron chi connectivity index (χ0n) is 14.5. The highest BCUT2D eigenvalue weighted by Gasteiger charge is 2.52. The molecule has 0 radical (unpaired) electrons. The van der Waals surface area contributed by atoms with Crippen molar-refractivity contribution in [1.29, 1.82) is 0 Å². The third kappa shape index (κ3) is 3.12. The van der Waals surface area contributed by atoms with Crippen LogP contribution in [0.5, 0.6) is 0 Å². The zero-order valence-corrected chi connectivity index (χ0v) is 14.5. The van der Waals surface area contributed by atoms with Crippen LogP contribution in [0.3, 0.4) is 0 Å². The van der Waals surface area contributed by atoms with Gasteiger partial charge in [-0.25, -0.2) is 9.59 Å². The van der Waals surface area contributed by atoms with Crippen molar-refractivity contribution in [2.45, 2.75) is 32.3 Å². The first-order valence-corrected chi connectivity index (χ1v) is 8.12. The van der Waals surface area contributed by atoms with Crippen molar-refractivity contribution in [2.24, 2.45) is 0 Å². The molecule has 0 aliphatic carbocycles. The maximum absolute atomic E-state index is 12.7. The Morgan fingerprint density at radius 2 is 1.96 bits per heavy atom. The minimum absolute atomic E-state index is 0.0921. The number of hydrogen-bond acceptors (Lipinski definition) is 6. The maximum Gasteiger partial charge on any atom is 0.511 e. The van der Waals surface area contributed by atoms with Crippen LogP contribution >= 0.6 is 0 Å². The Morgan fingerprint density at radius 3 is 2.56 bits per heavy atom. The Bertz CT molecular complexity index is 746. The Kier molecular flexibility index (Phi) is 4.53. The molecule has 0 unspecified atom stereocenters. The molecule has 0 bridgehead atoms. The summed E-state index contributed by atoms with van der Waals surface area (Å²) >= 11 is 0. The first-order chi connectivity index (χ1) is 11.9. The molecular formula is C18H21NO6. The molecule has 0 saturated carbocycles. The van der Waals surface area contributed by atoms with E-state index in [2.05, 4.69) is 0 Å². The first-order valence-electron chi connectivity index (χ1n) is 8.12. The highest BCUT2D eigenvalue weighted by atomic mass is 16.7. The van der Waals surface area contributed by atoms with Gasteiger partial charge in [-0.15, -0.1) is 0 Å². The smallest absolute Gasteiger partial charge is 0.449 e. The van der Waals surface area contributed by atoms with E-state index in [0.29, 0.717) is 31.5 Å². The Balaban J connectivity index is 2.11. The molecule has 7 nitrogen and oxygen atoms in total. The zero-order chi connectivity index (χ0) is 18.2. The lowest BCUT2D eigenvalue weighted by molar-refractivity contribution is -0.182. The molecule has 2 heterocycles. The summed E-state index contributed by atoms with van der Waals surface area (Å²) in [6.45, 7) is 4.80. The van der Waals surface area contributed by atoms with E-state index in [1.54, 1.807) is 12.2 Å². The third-order valence-corrected chi connectivity index (χ3v) is 4.77. The Morgan fingerprint density at radius 1 is 1.28 bits per heavy atom. The number of esters is 1. The van der Waals surface area contributed by atoms with Crippen molar-refractivity contribution in [2.75, 3.05) is 20.2 Å². The number of rotatable bonds is 3. The van der Waals surface area contributed by atoms with E-state index in [-0.39, 0.29) is 11.3 Å². The van der Waals surface area contributed by atoms with Crippen molar-refractivity contribution >= 4 is 17.7 Å². The molecular weight excluding hydrogens is 326 g/mol. The van der Waals surface area contributed by atoms with E-state index < -0.39 is 17.7 Å². The predicted molar refractivity (Wildman–Crippen MR) is 88.6 cm³/mol. The lowest BCUT2D eigenvalue weighted by Gasteiger charge is -2.37. The van der Waals surface area contributed by atoms with Crippen molar-refractivity contribution < 1.29 is 29.0 Å². The van der Waals surface area contributed by atoms with Crippen LogP contribution in [0.15, 0.2) is 24.0 Å². The number of carboxylic acid groups (broad SMARTS) is 1. The molecule has 1 spiro atoms. The standard InChI is InChI=1S/C18H21NO6/c1-11-4-5-12(2)13(10-11)14-15(24-17(21)22)18(25-16(14)20)6-8-19(23-3)9-7-18/h4-5,10H,6-9H2,1-3H3,(H,21,22). The second-order valence-electron chi connectivity index (χ2n) is 6.39. The molecule has 0 aromatic heterocycles. The summed E-state index contributed by atoms with van der Waals surface area (Å²) in [7, 11) is 1.57. The van der Waals surface area contributed by atoms with Gasteiger partial charge in [0.15, 0.2) is 11.4 Å². The summed E-state index contributed by atoms with van der Waals surface area (Å²) in [6.07, 6.45) is -0.641. The summed E-state index contributed by atoms with van der Waals surface area (Å²) in [4.78, 5) is 29.1. The van der Waals surface area contributed by atoms with Crippen LogP contribution in [0.1, 0.15) is 29.5 Å². The maximum atomic E-state index is 12.7. The normalized spacial score (nSPS) is 20.0. The predicted octanol–water partition coefficient (Wildman–Crippen LogP) is 2.66. The summed E-state index contributed by atoms with van der Waals surface area (Å²) in [6, 6.07) is 5.67. The quantitative estimate of drug-likeness (QED) is 0.841. The van der Waals surface area contributed by atoms with Gasteiger partial charge in [-0.2, -0.15) is 5.06 Å². The van der Waals surface area contributed by atoms with Crippen molar-refractivity contribution in [3.63, 3.8) is 0 Å². The molecule has 1 aromatic carbocycles. The number of nitrogens with zero attached hydrogens (tertiary/aromatic N) is 1. The van der Waals surface area contributed by atoms with Crippen molar-refractivity contribution in [1.82, 2.24) is 5.06 Å². The van der Waals surface area contributed by atoms with Gasteiger partial charge in [-0.05, 0) is 25.0 Å². The Hall–Kier alpha value is -2.38.